The van der Waals surface area contributed by atoms with Crippen LogP contribution >= 0.6 is 0 Å². The summed E-state index contributed by atoms with van der Waals surface area (Å²) in [6.45, 7) is 0. The molecule has 0 fully saturated rings. The highest BCUT2D eigenvalue weighted by atomic mass is 15.2. The Morgan fingerprint density at radius 3 is 1.93 bits per heavy atom. The maximum absolute atomic E-state index is 2.56. The molecular formula is C55H44N2. The van der Waals surface area contributed by atoms with Gasteiger partial charge in [0.15, 0.2) is 0 Å². The van der Waals surface area contributed by atoms with Crippen LogP contribution in [-0.2, 0) is 5.41 Å². The van der Waals surface area contributed by atoms with Crippen LogP contribution in [0.25, 0.3) is 11.1 Å². The second-order valence-corrected chi connectivity index (χ2v) is 15.9. The third kappa shape index (κ3) is 5.39. The Hall–Kier alpha value is -6.64. The number of rotatable bonds is 7. The molecule has 2 heteroatoms. The normalized spacial score (nSPS) is 21.9. The Balaban J connectivity index is 0.982. The van der Waals surface area contributed by atoms with Gasteiger partial charge in [0.1, 0.15) is 0 Å². The van der Waals surface area contributed by atoms with Crippen LogP contribution in [0.4, 0.5) is 17.1 Å². The topological polar surface area (TPSA) is 6.48 Å². The van der Waals surface area contributed by atoms with Crippen LogP contribution in [0.1, 0.15) is 46.6 Å². The minimum atomic E-state index is -0.443. The van der Waals surface area contributed by atoms with Crippen molar-refractivity contribution in [1.29, 1.82) is 0 Å². The number of nitrogens with zero attached hydrogens (tertiary/aromatic N) is 2. The van der Waals surface area contributed by atoms with Crippen LogP contribution in [0.3, 0.4) is 0 Å². The molecule has 6 aromatic rings. The highest BCUT2D eigenvalue weighted by molar-refractivity contribution is 5.88. The van der Waals surface area contributed by atoms with Crippen molar-refractivity contribution in [3.05, 3.63) is 258 Å². The van der Waals surface area contributed by atoms with Gasteiger partial charge < -0.3 is 9.80 Å². The van der Waals surface area contributed by atoms with Crippen molar-refractivity contribution < 1.29 is 0 Å². The summed E-state index contributed by atoms with van der Waals surface area (Å²) in [5.41, 5.74) is 15.4. The SMILES string of the molecule is C1=CCC(N(c2ccc(C3C=CC4=C(C3)C3C=CC=CC3N4c3ccccc3)cc2)c2ccc3c(c2)C(c2ccccc2)(c2ccccc2)c2ccccc2-3)C=C1. The molecule has 0 aromatic heterocycles. The number of benzene rings is 6. The maximum atomic E-state index is 2.56. The van der Waals surface area contributed by atoms with E-state index in [0.29, 0.717) is 17.9 Å². The molecule has 0 N–H and O–H groups in total. The predicted molar refractivity (Wildman–Crippen MR) is 237 cm³/mol. The fourth-order valence-corrected chi connectivity index (χ4v) is 10.5. The molecule has 0 saturated heterocycles. The van der Waals surface area contributed by atoms with Gasteiger partial charge in [-0.1, -0.05) is 176 Å². The summed E-state index contributed by atoms with van der Waals surface area (Å²) in [6.07, 6.45) is 25.1. The summed E-state index contributed by atoms with van der Waals surface area (Å²) in [7, 11) is 0. The van der Waals surface area contributed by atoms with E-state index < -0.39 is 5.41 Å². The van der Waals surface area contributed by atoms with E-state index in [1.165, 1.54) is 61.7 Å². The van der Waals surface area contributed by atoms with E-state index in [1.807, 2.05) is 0 Å². The van der Waals surface area contributed by atoms with Gasteiger partial charge in [-0.25, -0.2) is 0 Å². The van der Waals surface area contributed by atoms with Gasteiger partial charge in [0.2, 0.25) is 0 Å². The molecular weight excluding hydrogens is 689 g/mol. The van der Waals surface area contributed by atoms with E-state index in [9.17, 15) is 0 Å². The number of allylic oxidation sites excluding steroid dienone is 6. The smallest absolute Gasteiger partial charge is 0.0714 e. The molecule has 274 valence electrons. The summed E-state index contributed by atoms with van der Waals surface area (Å²) in [5.74, 6) is 0.721. The minimum Gasteiger partial charge on any atom is -0.334 e. The lowest BCUT2D eigenvalue weighted by Crippen LogP contribution is -2.32. The Morgan fingerprint density at radius 2 is 1.19 bits per heavy atom. The van der Waals surface area contributed by atoms with Crippen molar-refractivity contribution >= 4 is 17.1 Å². The van der Waals surface area contributed by atoms with Crippen molar-refractivity contribution in [3.63, 3.8) is 0 Å². The van der Waals surface area contributed by atoms with E-state index in [1.54, 1.807) is 5.57 Å². The van der Waals surface area contributed by atoms with Crippen molar-refractivity contribution in [1.82, 2.24) is 0 Å². The summed E-state index contributed by atoms with van der Waals surface area (Å²) in [5, 5.41) is 0. The Bertz CT molecular complexity index is 2600. The zero-order valence-electron chi connectivity index (χ0n) is 31.9. The number of hydrogen-bond acceptors (Lipinski definition) is 2. The summed E-state index contributed by atoms with van der Waals surface area (Å²) < 4.78 is 0. The number of fused-ring (bicyclic) bond motifs is 5. The predicted octanol–water partition coefficient (Wildman–Crippen LogP) is 13.0. The first-order valence-electron chi connectivity index (χ1n) is 20.5. The standard InChI is InChI=1S/C55H44N2/c1-5-17-41(18-6-1)55(42-19-7-2-8-20-42)51-27-15-13-25-47(51)48-35-34-46(38-52(48)55)56(43-21-9-3-10-22-43)45-32-29-39(30-33-45)40-31-36-54-50(37-40)49-26-14-16-28-53(49)57(54)44-23-11-4-12-24-44/h1-21,23-36,38,40,43,49,53H,22,37H2. The van der Waals surface area contributed by atoms with Crippen LogP contribution in [0, 0.1) is 5.92 Å². The Kier molecular flexibility index (Phi) is 8.17. The van der Waals surface area contributed by atoms with E-state index in [0.717, 1.165) is 12.8 Å². The average molecular weight is 733 g/mol. The van der Waals surface area contributed by atoms with Crippen LogP contribution in [0.15, 0.2) is 230 Å². The molecule has 6 aromatic carbocycles. The highest BCUT2D eigenvalue weighted by Crippen LogP contribution is 2.57. The van der Waals surface area contributed by atoms with Gasteiger partial charge in [0, 0.05) is 34.6 Å². The Labute approximate surface area is 336 Å². The summed E-state index contributed by atoms with van der Waals surface area (Å²) >= 11 is 0. The first-order chi connectivity index (χ1) is 28.3. The molecule has 2 nitrogen and oxygen atoms in total. The van der Waals surface area contributed by atoms with Crippen LogP contribution in [0.5, 0.6) is 0 Å². The van der Waals surface area contributed by atoms with Crippen molar-refractivity contribution in [2.45, 2.75) is 36.3 Å². The second kappa shape index (κ2) is 13.8. The first kappa shape index (κ1) is 33.7. The molecule has 4 atom stereocenters. The monoisotopic (exact) mass is 732 g/mol. The zero-order valence-corrected chi connectivity index (χ0v) is 31.9. The quantitative estimate of drug-likeness (QED) is 0.161. The van der Waals surface area contributed by atoms with Crippen molar-refractivity contribution in [2.24, 2.45) is 5.92 Å². The lowest BCUT2D eigenvalue weighted by molar-refractivity contribution is 0.644. The van der Waals surface area contributed by atoms with Gasteiger partial charge in [0.25, 0.3) is 0 Å². The molecule has 1 heterocycles. The van der Waals surface area contributed by atoms with E-state index in [-0.39, 0.29) is 6.04 Å². The van der Waals surface area contributed by atoms with Crippen molar-refractivity contribution in [3.8, 4) is 11.1 Å². The fourth-order valence-electron chi connectivity index (χ4n) is 10.5. The van der Waals surface area contributed by atoms with Crippen LogP contribution in [0.2, 0.25) is 0 Å². The molecule has 11 rings (SSSR count). The third-order valence-electron chi connectivity index (χ3n) is 13.0. The van der Waals surface area contributed by atoms with Gasteiger partial charge in [-0.05, 0) is 99.8 Å². The molecule has 0 radical (unpaired) electrons. The van der Waals surface area contributed by atoms with E-state index >= 15 is 0 Å². The summed E-state index contributed by atoms with van der Waals surface area (Å²) in [4.78, 5) is 5.10. The molecule has 5 aliphatic rings. The minimum absolute atomic E-state index is 0.193. The number of anilines is 3. The van der Waals surface area contributed by atoms with Gasteiger partial charge in [-0.2, -0.15) is 0 Å². The van der Waals surface area contributed by atoms with Gasteiger partial charge >= 0.3 is 0 Å². The maximum Gasteiger partial charge on any atom is 0.0714 e. The third-order valence-corrected chi connectivity index (χ3v) is 13.0. The number of hydrogen-bond donors (Lipinski definition) is 0. The highest BCUT2D eigenvalue weighted by Gasteiger charge is 2.46. The molecule has 57 heavy (non-hydrogen) atoms. The molecule has 0 bridgehead atoms. The van der Waals surface area contributed by atoms with Gasteiger partial charge in [-0.15, -0.1) is 0 Å². The second-order valence-electron chi connectivity index (χ2n) is 15.9. The van der Waals surface area contributed by atoms with Crippen LogP contribution < -0.4 is 9.80 Å². The molecule has 4 unspecified atom stereocenters. The zero-order chi connectivity index (χ0) is 37.8. The van der Waals surface area contributed by atoms with Crippen LogP contribution in [-0.4, -0.2) is 12.1 Å². The lowest BCUT2D eigenvalue weighted by Gasteiger charge is -2.36. The largest absolute Gasteiger partial charge is 0.334 e. The average Bonchev–Trinajstić information content (AvgIpc) is 3.78. The molecule has 0 spiro atoms. The van der Waals surface area contributed by atoms with Crippen molar-refractivity contribution in [2.75, 3.05) is 9.80 Å². The van der Waals surface area contributed by atoms with E-state index in [4.69, 9.17) is 0 Å². The van der Waals surface area contributed by atoms with Gasteiger partial charge in [0.05, 0.1) is 17.5 Å². The molecule has 0 saturated carbocycles. The fraction of sp³-hybridized carbons (Fsp3) is 0.127. The first-order valence-corrected chi connectivity index (χ1v) is 20.5. The molecule has 0 amide bonds. The molecule has 4 aliphatic carbocycles. The van der Waals surface area contributed by atoms with E-state index in [2.05, 4.69) is 228 Å². The Morgan fingerprint density at radius 1 is 0.544 bits per heavy atom. The van der Waals surface area contributed by atoms with Gasteiger partial charge in [-0.3, -0.25) is 0 Å². The summed E-state index contributed by atoms with van der Waals surface area (Å²) in [6, 6.07) is 59.3. The number of para-hydroxylation sites is 1. The lowest BCUT2D eigenvalue weighted by atomic mass is 9.67. The molecule has 1 aliphatic heterocycles.